The van der Waals surface area contributed by atoms with Gasteiger partial charge in [-0.1, -0.05) is 19.9 Å². The van der Waals surface area contributed by atoms with Crippen LogP contribution in [0.15, 0.2) is 30.5 Å². The lowest BCUT2D eigenvalue weighted by molar-refractivity contribution is -0.139. The Morgan fingerprint density at radius 2 is 2.00 bits per heavy atom. The lowest BCUT2D eigenvalue weighted by atomic mass is 10.0. The van der Waals surface area contributed by atoms with Gasteiger partial charge in [0.2, 0.25) is 0 Å². The molecule has 0 spiro atoms. The van der Waals surface area contributed by atoms with Crippen LogP contribution < -0.4 is 5.32 Å². The standard InChI is InChI=1S/C16H20N2O3/c1-10(2)8-13(16(20)21)17-15(19)12-5-4-11-6-7-18(3)14(11)9-12/h4-7,9-10,13H,8H2,1-3H3,(H,17,19)(H,20,21). The molecule has 0 aliphatic carbocycles. The van der Waals surface area contributed by atoms with E-state index in [0.717, 1.165) is 10.9 Å². The molecule has 1 unspecified atom stereocenters. The van der Waals surface area contributed by atoms with Gasteiger partial charge in [0.15, 0.2) is 0 Å². The first-order chi connectivity index (χ1) is 9.88. The molecule has 5 nitrogen and oxygen atoms in total. The van der Waals surface area contributed by atoms with Gasteiger partial charge >= 0.3 is 5.97 Å². The predicted molar refractivity (Wildman–Crippen MR) is 81.3 cm³/mol. The van der Waals surface area contributed by atoms with Crippen LogP contribution in [0.2, 0.25) is 0 Å². The maximum absolute atomic E-state index is 12.2. The normalized spacial score (nSPS) is 12.6. The molecule has 0 fully saturated rings. The zero-order chi connectivity index (χ0) is 15.6. The SMILES string of the molecule is CC(C)CC(NC(=O)c1ccc2ccn(C)c2c1)C(=O)O. The Balaban J connectivity index is 2.20. The highest BCUT2D eigenvalue weighted by atomic mass is 16.4. The fourth-order valence-electron chi connectivity index (χ4n) is 2.34. The van der Waals surface area contributed by atoms with E-state index >= 15 is 0 Å². The summed E-state index contributed by atoms with van der Waals surface area (Å²) in [6.45, 7) is 3.86. The molecule has 1 aromatic heterocycles. The summed E-state index contributed by atoms with van der Waals surface area (Å²) in [6, 6.07) is 6.46. The molecule has 112 valence electrons. The van der Waals surface area contributed by atoms with E-state index in [0.29, 0.717) is 12.0 Å². The lowest BCUT2D eigenvalue weighted by Crippen LogP contribution is -2.41. The molecule has 2 rings (SSSR count). The van der Waals surface area contributed by atoms with Crippen LogP contribution in [-0.4, -0.2) is 27.6 Å². The highest BCUT2D eigenvalue weighted by Crippen LogP contribution is 2.17. The molecular weight excluding hydrogens is 268 g/mol. The van der Waals surface area contributed by atoms with E-state index in [1.54, 1.807) is 12.1 Å². The van der Waals surface area contributed by atoms with E-state index < -0.39 is 12.0 Å². The minimum Gasteiger partial charge on any atom is -0.480 e. The van der Waals surface area contributed by atoms with Crippen LogP contribution in [0.5, 0.6) is 0 Å². The summed E-state index contributed by atoms with van der Waals surface area (Å²) in [5.74, 6) is -1.16. The van der Waals surface area contributed by atoms with Gasteiger partial charge in [0, 0.05) is 24.3 Å². The summed E-state index contributed by atoms with van der Waals surface area (Å²) < 4.78 is 1.93. The number of carboxylic acid groups (broad SMARTS) is 1. The van der Waals surface area contributed by atoms with Crippen molar-refractivity contribution in [3.05, 3.63) is 36.0 Å². The molecule has 1 heterocycles. The fourth-order valence-corrected chi connectivity index (χ4v) is 2.34. The summed E-state index contributed by atoms with van der Waals surface area (Å²) in [6.07, 6.45) is 2.33. The number of fused-ring (bicyclic) bond motifs is 1. The van der Waals surface area contributed by atoms with Gasteiger partial charge < -0.3 is 15.0 Å². The third kappa shape index (κ3) is 3.42. The van der Waals surface area contributed by atoms with Gasteiger partial charge in [-0.05, 0) is 35.9 Å². The van der Waals surface area contributed by atoms with Crippen molar-refractivity contribution in [3.8, 4) is 0 Å². The van der Waals surface area contributed by atoms with Crippen LogP contribution >= 0.6 is 0 Å². The van der Waals surface area contributed by atoms with Gasteiger partial charge in [-0.15, -0.1) is 0 Å². The van der Waals surface area contributed by atoms with Gasteiger partial charge in [0.05, 0.1) is 0 Å². The Morgan fingerprint density at radius 3 is 2.62 bits per heavy atom. The molecule has 0 aliphatic rings. The summed E-state index contributed by atoms with van der Waals surface area (Å²) in [5, 5.41) is 12.8. The first-order valence-electron chi connectivity index (χ1n) is 6.97. The molecule has 21 heavy (non-hydrogen) atoms. The Hall–Kier alpha value is -2.30. The second-order valence-electron chi connectivity index (χ2n) is 5.69. The summed E-state index contributed by atoms with van der Waals surface area (Å²) in [4.78, 5) is 23.4. The Kier molecular flexibility index (Phi) is 4.31. The molecule has 0 aliphatic heterocycles. The fraction of sp³-hybridized carbons (Fsp3) is 0.375. The largest absolute Gasteiger partial charge is 0.480 e. The average Bonchev–Trinajstić information content (AvgIpc) is 2.78. The van der Waals surface area contributed by atoms with Gasteiger partial charge in [-0.3, -0.25) is 4.79 Å². The molecule has 1 amide bonds. The number of hydrogen-bond donors (Lipinski definition) is 2. The van der Waals surface area contributed by atoms with Crippen molar-refractivity contribution in [2.24, 2.45) is 13.0 Å². The predicted octanol–water partition coefficient (Wildman–Crippen LogP) is 2.41. The van der Waals surface area contributed by atoms with Crippen molar-refractivity contribution in [1.29, 1.82) is 0 Å². The van der Waals surface area contributed by atoms with E-state index in [4.69, 9.17) is 0 Å². The van der Waals surface area contributed by atoms with E-state index in [1.165, 1.54) is 0 Å². The second kappa shape index (κ2) is 5.99. The monoisotopic (exact) mass is 288 g/mol. The number of aryl methyl sites for hydroxylation is 1. The van der Waals surface area contributed by atoms with E-state index in [-0.39, 0.29) is 11.8 Å². The van der Waals surface area contributed by atoms with Gasteiger partial charge in [0.25, 0.3) is 5.91 Å². The Bertz CT molecular complexity index is 673. The van der Waals surface area contributed by atoms with Crippen molar-refractivity contribution < 1.29 is 14.7 Å². The topological polar surface area (TPSA) is 71.3 Å². The summed E-state index contributed by atoms with van der Waals surface area (Å²) in [5.41, 5.74) is 1.41. The van der Waals surface area contributed by atoms with Gasteiger partial charge in [0.1, 0.15) is 6.04 Å². The first kappa shape index (κ1) is 15.1. The molecule has 1 atom stereocenters. The lowest BCUT2D eigenvalue weighted by Gasteiger charge is -2.16. The number of aliphatic carboxylic acids is 1. The summed E-state index contributed by atoms with van der Waals surface area (Å²) >= 11 is 0. The quantitative estimate of drug-likeness (QED) is 0.887. The van der Waals surface area contributed by atoms with E-state index in [9.17, 15) is 14.7 Å². The minimum atomic E-state index is -1.00. The molecule has 0 saturated heterocycles. The van der Waals surface area contributed by atoms with Crippen LogP contribution in [0.4, 0.5) is 0 Å². The maximum atomic E-state index is 12.2. The third-order valence-electron chi connectivity index (χ3n) is 3.46. The van der Waals surface area contributed by atoms with Crippen LogP contribution in [0.3, 0.4) is 0 Å². The number of hydrogen-bond acceptors (Lipinski definition) is 2. The van der Waals surface area contributed by atoms with Crippen molar-refractivity contribution in [3.63, 3.8) is 0 Å². The highest BCUT2D eigenvalue weighted by molar-refractivity contribution is 5.99. The minimum absolute atomic E-state index is 0.196. The van der Waals surface area contributed by atoms with Crippen LogP contribution in [0.1, 0.15) is 30.6 Å². The number of carbonyl (C=O) groups is 2. The number of amides is 1. The highest BCUT2D eigenvalue weighted by Gasteiger charge is 2.21. The zero-order valence-electron chi connectivity index (χ0n) is 12.5. The second-order valence-corrected chi connectivity index (χ2v) is 5.69. The number of nitrogens with one attached hydrogen (secondary N) is 1. The number of carboxylic acids is 1. The molecule has 0 bridgehead atoms. The first-order valence-corrected chi connectivity index (χ1v) is 6.97. The Labute approximate surface area is 123 Å². The van der Waals surface area contributed by atoms with E-state index in [1.807, 2.05) is 43.8 Å². The summed E-state index contributed by atoms with van der Waals surface area (Å²) in [7, 11) is 1.91. The average molecular weight is 288 g/mol. The molecule has 5 heteroatoms. The van der Waals surface area contributed by atoms with Crippen LogP contribution in [-0.2, 0) is 11.8 Å². The maximum Gasteiger partial charge on any atom is 0.326 e. The van der Waals surface area contributed by atoms with E-state index in [2.05, 4.69) is 5.32 Å². The number of benzene rings is 1. The van der Waals surface area contributed by atoms with Crippen LogP contribution in [0.25, 0.3) is 10.9 Å². The molecular formula is C16H20N2O3. The molecule has 2 aromatic rings. The van der Waals surface area contributed by atoms with Crippen molar-refractivity contribution in [2.45, 2.75) is 26.3 Å². The number of rotatable bonds is 5. The Morgan fingerprint density at radius 1 is 1.29 bits per heavy atom. The number of carbonyl (C=O) groups excluding carboxylic acids is 1. The smallest absolute Gasteiger partial charge is 0.326 e. The van der Waals surface area contributed by atoms with Crippen molar-refractivity contribution in [1.82, 2.24) is 9.88 Å². The van der Waals surface area contributed by atoms with Gasteiger partial charge in [-0.2, -0.15) is 0 Å². The number of nitrogens with zero attached hydrogens (tertiary/aromatic N) is 1. The van der Waals surface area contributed by atoms with Crippen LogP contribution in [0, 0.1) is 5.92 Å². The van der Waals surface area contributed by atoms with Gasteiger partial charge in [-0.25, -0.2) is 4.79 Å². The third-order valence-corrected chi connectivity index (χ3v) is 3.46. The molecule has 2 N–H and O–H groups in total. The van der Waals surface area contributed by atoms with Crippen molar-refractivity contribution >= 4 is 22.8 Å². The molecule has 1 aromatic carbocycles. The van der Waals surface area contributed by atoms with Crippen molar-refractivity contribution in [2.75, 3.05) is 0 Å². The zero-order valence-corrected chi connectivity index (χ0v) is 12.5. The molecule has 0 saturated carbocycles. The number of aromatic nitrogens is 1. The molecule has 0 radical (unpaired) electrons.